The monoisotopic (exact) mass is 269 g/mol. The predicted molar refractivity (Wildman–Crippen MR) is 73.5 cm³/mol. The number of nitrogens with zero attached hydrogens (tertiary/aromatic N) is 1. The molecule has 0 aliphatic carbocycles. The summed E-state index contributed by atoms with van der Waals surface area (Å²) in [4.78, 5) is 25.4. The Kier molecular flexibility index (Phi) is 5.15. The number of rotatable bonds is 5. The van der Waals surface area contributed by atoms with Crippen LogP contribution in [-0.2, 0) is 4.79 Å². The lowest BCUT2D eigenvalue weighted by Crippen LogP contribution is -2.39. The zero-order valence-electron chi connectivity index (χ0n) is 10.9. The van der Waals surface area contributed by atoms with E-state index in [1.165, 1.54) is 16.2 Å². The molecule has 0 spiro atoms. The largest absolute Gasteiger partial charge is 0.397 e. The molecule has 0 aromatic carbocycles. The lowest BCUT2D eigenvalue weighted by molar-refractivity contribution is -0.121. The summed E-state index contributed by atoms with van der Waals surface area (Å²) >= 11 is 1.28. The third kappa shape index (κ3) is 4.03. The van der Waals surface area contributed by atoms with E-state index in [0.717, 1.165) is 0 Å². The third-order valence-electron chi connectivity index (χ3n) is 2.32. The van der Waals surface area contributed by atoms with Crippen molar-refractivity contribution in [1.29, 1.82) is 0 Å². The molecule has 0 radical (unpaired) electrons. The Hall–Kier alpha value is -1.56. The van der Waals surface area contributed by atoms with E-state index >= 15 is 0 Å². The highest BCUT2D eigenvalue weighted by atomic mass is 32.1. The fourth-order valence-corrected chi connectivity index (χ4v) is 2.14. The van der Waals surface area contributed by atoms with Crippen LogP contribution in [0.3, 0.4) is 0 Å². The van der Waals surface area contributed by atoms with E-state index in [4.69, 9.17) is 5.73 Å². The van der Waals surface area contributed by atoms with Gasteiger partial charge >= 0.3 is 0 Å². The van der Waals surface area contributed by atoms with Gasteiger partial charge in [-0.3, -0.25) is 9.59 Å². The number of thiophene rings is 1. The molecule has 3 N–H and O–H groups in total. The molecule has 18 heavy (non-hydrogen) atoms. The Morgan fingerprint density at radius 1 is 1.50 bits per heavy atom. The van der Waals surface area contributed by atoms with Gasteiger partial charge < -0.3 is 16.0 Å². The summed E-state index contributed by atoms with van der Waals surface area (Å²) in [5.41, 5.74) is 6.13. The fourth-order valence-electron chi connectivity index (χ4n) is 1.33. The van der Waals surface area contributed by atoms with Crippen LogP contribution in [0.25, 0.3) is 0 Å². The normalized spacial score (nSPS) is 10.4. The van der Waals surface area contributed by atoms with Crippen LogP contribution in [0, 0.1) is 5.92 Å². The molecule has 5 nitrogen and oxygen atoms in total. The number of carbonyl (C=O) groups excluding carboxylic acids is 2. The Balaban J connectivity index is 2.50. The Morgan fingerprint density at radius 2 is 2.17 bits per heavy atom. The summed E-state index contributed by atoms with van der Waals surface area (Å²) in [6.45, 7) is 4.69. The van der Waals surface area contributed by atoms with Crippen molar-refractivity contribution < 1.29 is 9.59 Å². The molecule has 0 saturated heterocycles. The van der Waals surface area contributed by atoms with Gasteiger partial charge in [-0.2, -0.15) is 0 Å². The SMILES string of the molecule is CC(C)CNC(=O)CN(C)C(=O)c1sccc1N. The van der Waals surface area contributed by atoms with E-state index in [-0.39, 0.29) is 18.4 Å². The molecule has 2 amide bonds. The van der Waals surface area contributed by atoms with Gasteiger partial charge in [0.25, 0.3) is 5.91 Å². The summed E-state index contributed by atoms with van der Waals surface area (Å²) in [6.07, 6.45) is 0. The smallest absolute Gasteiger partial charge is 0.266 e. The highest BCUT2D eigenvalue weighted by molar-refractivity contribution is 7.12. The molecular weight excluding hydrogens is 250 g/mol. The molecule has 1 aromatic heterocycles. The first-order chi connectivity index (χ1) is 8.41. The van der Waals surface area contributed by atoms with Gasteiger partial charge in [0, 0.05) is 13.6 Å². The summed E-state index contributed by atoms with van der Waals surface area (Å²) in [5, 5.41) is 4.53. The molecule has 6 heteroatoms. The minimum Gasteiger partial charge on any atom is -0.397 e. The summed E-state index contributed by atoms with van der Waals surface area (Å²) < 4.78 is 0. The van der Waals surface area contributed by atoms with Gasteiger partial charge in [-0.05, 0) is 17.4 Å². The van der Waals surface area contributed by atoms with Crippen LogP contribution >= 0.6 is 11.3 Å². The predicted octanol–water partition coefficient (Wildman–Crippen LogP) is 1.17. The number of hydrogen-bond acceptors (Lipinski definition) is 4. The average molecular weight is 269 g/mol. The fraction of sp³-hybridized carbons (Fsp3) is 0.500. The molecule has 0 atom stereocenters. The molecule has 0 saturated carbocycles. The van der Waals surface area contributed by atoms with Gasteiger partial charge in [-0.25, -0.2) is 0 Å². The van der Waals surface area contributed by atoms with Gasteiger partial charge in [0.1, 0.15) is 4.88 Å². The molecule has 0 aliphatic heterocycles. The number of nitrogens with one attached hydrogen (secondary N) is 1. The van der Waals surface area contributed by atoms with Gasteiger partial charge in [0.2, 0.25) is 5.91 Å². The minimum atomic E-state index is -0.220. The van der Waals surface area contributed by atoms with Crippen molar-refractivity contribution in [3.05, 3.63) is 16.3 Å². The highest BCUT2D eigenvalue weighted by Crippen LogP contribution is 2.20. The molecule has 1 rings (SSSR count). The lowest BCUT2D eigenvalue weighted by Gasteiger charge is -2.16. The first-order valence-corrected chi connectivity index (χ1v) is 6.65. The maximum Gasteiger partial charge on any atom is 0.266 e. The summed E-state index contributed by atoms with van der Waals surface area (Å²) in [5.74, 6) is 0.0137. The third-order valence-corrected chi connectivity index (χ3v) is 3.24. The maximum atomic E-state index is 12.0. The maximum absolute atomic E-state index is 12.0. The van der Waals surface area contributed by atoms with Gasteiger partial charge in [0.05, 0.1) is 12.2 Å². The van der Waals surface area contributed by atoms with Crippen molar-refractivity contribution in [3.8, 4) is 0 Å². The summed E-state index contributed by atoms with van der Waals surface area (Å²) in [6, 6.07) is 1.69. The van der Waals surface area contributed by atoms with Gasteiger partial charge in [0.15, 0.2) is 0 Å². The van der Waals surface area contributed by atoms with Gasteiger partial charge in [-0.1, -0.05) is 13.8 Å². The molecule has 1 heterocycles. The van der Waals surface area contributed by atoms with E-state index in [1.807, 2.05) is 13.8 Å². The van der Waals surface area contributed by atoms with E-state index in [1.54, 1.807) is 18.5 Å². The molecule has 1 aromatic rings. The van der Waals surface area contributed by atoms with Crippen LogP contribution in [-0.4, -0.2) is 36.9 Å². The minimum absolute atomic E-state index is 0.0445. The standard InChI is InChI=1S/C12H19N3O2S/c1-8(2)6-14-10(16)7-15(3)12(17)11-9(13)4-5-18-11/h4-5,8H,6-7,13H2,1-3H3,(H,14,16). The van der Waals surface area contributed by atoms with Crippen molar-refractivity contribution in [1.82, 2.24) is 10.2 Å². The molecule has 0 bridgehead atoms. The van der Waals surface area contributed by atoms with E-state index < -0.39 is 0 Å². The Labute approximate surface area is 111 Å². The zero-order valence-corrected chi connectivity index (χ0v) is 11.7. The van der Waals surface area contributed by atoms with Crippen LogP contribution in [0.4, 0.5) is 5.69 Å². The molecule has 100 valence electrons. The molecule has 0 fully saturated rings. The second kappa shape index (κ2) is 6.39. The quantitative estimate of drug-likeness (QED) is 0.842. The first kappa shape index (κ1) is 14.5. The van der Waals surface area contributed by atoms with Crippen LogP contribution in [0.1, 0.15) is 23.5 Å². The van der Waals surface area contributed by atoms with Crippen molar-refractivity contribution >= 4 is 28.8 Å². The van der Waals surface area contributed by atoms with Crippen molar-refractivity contribution in [3.63, 3.8) is 0 Å². The number of nitrogens with two attached hydrogens (primary N) is 1. The van der Waals surface area contributed by atoms with Crippen molar-refractivity contribution in [2.45, 2.75) is 13.8 Å². The van der Waals surface area contributed by atoms with Crippen LogP contribution < -0.4 is 11.1 Å². The van der Waals surface area contributed by atoms with Crippen molar-refractivity contribution in [2.75, 3.05) is 25.9 Å². The first-order valence-electron chi connectivity index (χ1n) is 5.77. The second-order valence-electron chi connectivity index (χ2n) is 4.56. The zero-order chi connectivity index (χ0) is 13.7. The molecular formula is C12H19N3O2S. The number of nitrogen functional groups attached to an aromatic ring is 1. The van der Waals surface area contributed by atoms with Crippen molar-refractivity contribution in [2.24, 2.45) is 5.92 Å². The topological polar surface area (TPSA) is 75.4 Å². The molecule has 0 aliphatic rings. The molecule has 0 unspecified atom stereocenters. The number of likely N-dealkylation sites (N-methyl/N-ethyl adjacent to an activating group) is 1. The second-order valence-corrected chi connectivity index (χ2v) is 5.48. The number of hydrogen-bond donors (Lipinski definition) is 2. The van der Waals surface area contributed by atoms with Crippen LogP contribution in [0.15, 0.2) is 11.4 Å². The van der Waals surface area contributed by atoms with Gasteiger partial charge in [-0.15, -0.1) is 11.3 Å². The average Bonchev–Trinajstić information content (AvgIpc) is 2.71. The Bertz CT molecular complexity index is 429. The van der Waals surface area contributed by atoms with E-state index in [9.17, 15) is 9.59 Å². The number of anilines is 1. The van der Waals surface area contributed by atoms with E-state index in [0.29, 0.717) is 23.0 Å². The van der Waals surface area contributed by atoms with Crippen LogP contribution in [0.5, 0.6) is 0 Å². The Morgan fingerprint density at radius 3 is 2.67 bits per heavy atom. The highest BCUT2D eigenvalue weighted by Gasteiger charge is 2.18. The lowest BCUT2D eigenvalue weighted by atomic mass is 10.2. The van der Waals surface area contributed by atoms with E-state index in [2.05, 4.69) is 5.32 Å². The number of carbonyl (C=O) groups is 2. The number of amides is 2. The van der Waals surface area contributed by atoms with Crippen LogP contribution in [0.2, 0.25) is 0 Å². The summed E-state index contributed by atoms with van der Waals surface area (Å²) in [7, 11) is 1.59.